The molecular weight excluding hydrogens is 320 g/mol. The number of anilines is 1. The van der Waals surface area contributed by atoms with Gasteiger partial charge in [0.25, 0.3) is 11.5 Å². The summed E-state index contributed by atoms with van der Waals surface area (Å²) in [6.07, 6.45) is 0. The minimum atomic E-state index is -0.262. The number of hydrogen-bond acceptors (Lipinski definition) is 4. The Kier molecular flexibility index (Phi) is 3.46. The van der Waals surface area contributed by atoms with Crippen molar-refractivity contribution in [1.29, 1.82) is 0 Å². The molecule has 0 aliphatic heterocycles. The number of fused-ring (bicyclic) bond motifs is 1. The van der Waals surface area contributed by atoms with Crippen LogP contribution in [-0.2, 0) is 0 Å². The normalized spacial score (nSPS) is 10.9. The van der Waals surface area contributed by atoms with E-state index in [0.717, 1.165) is 5.56 Å². The average molecular weight is 334 g/mol. The van der Waals surface area contributed by atoms with Crippen LogP contribution < -0.4 is 10.9 Å². The molecule has 7 nitrogen and oxygen atoms in total. The average Bonchev–Trinajstić information content (AvgIpc) is 3.19. The molecule has 4 aromatic rings. The lowest BCUT2D eigenvalue weighted by atomic mass is 10.1. The number of amides is 1. The summed E-state index contributed by atoms with van der Waals surface area (Å²) in [5.74, 6) is 0.252. The molecule has 0 aliphatic carbocycles. The molecule has 0 saturated heterocycles. The monoisotopic (exact) mass is 334 g/mol. The third kappa shape index (κ3) is 2.83. The van der Waals surface area contributed by atoms with Gasteiger partial charge in [-0.2, -0.15) is 0 Å². The number of aryl methyl sites for hydroxylation is 1. The highest BCUT2D eigenvalue weighted by atomic mass is 16.3. The molecule has 2 aromatic heterocycles. The number of H-pyrrole nitrogens is 2. The van der Waals surface area contributed by atoms with Crippen molar-refractivity contribution in [2.24, 2.45) is 0 Å². The number of nitrogens with zero attached hydrogens (tertiary/aromatic N) is 1. The first-order valence-electron chi connectivity index (χ1n) is 7.66. The third-order valence-electron chi connectivity index (χ3n) is 3.82. The smallest absolute Gasteiger partial charge is 0.264 e. The van der Waals surface area contributed by atoms with Crippen molar-refractivity contribution in [3.05, 3.63) is 70.3 Å². The molecule has 7 heteroatoms. The van der Waals surface area contributed by atoms with E-state index < -0.39 is 0 Å². The first kappa shape index (κ1) is 14.9. The van der Waals surface area contributed by atoms with E-state index in [0.29, 0.717) is 33.9 Å². The van der Waals surface area contributed by atoms with Gasteiger partial charge in [-0.3, -0.25) is 19.8 Å². The van der Waals surface area contributed by atoms with Crippen LogP contribution in [0.15, 0.2) is 57.7 Å². The van der Waals surface area contributed by atoms with Crippen LogP contribution in [0.25, 0.3) is 22.4 Å². The lowest BCUT2D eigenvalue weighted by molar-refractivity contribution is 0.102. The number of hydrogen-bond donors (Lipinski definition) is 3. The zero-order valence-corrected chi connectivity index (χ0v) is 13.3. The third-order valence-corrected chi connectivity index (χ3v) is 3.82. The molecule has 1 amide bonds. The highest BCUT2D eigenvalue weighted by molar-refractivity contribution is 6.11. The number of rotatable bonds is 3. The number of para-hydroxylation sites is 1. The molecule has 2 aromatic carbocycles. The maximum absolute atomic E-state index is 12.6. The summed E-state index contributed by atoms with van der Waals surface area (Å²) in [5.41, 5.74) is 3.55. The Morgan fingerprint density at radius 3 is 2.64 bits per heavy atom. The summed E-state index contributed by atoms with van der Waals surface area (Å²) in [5, 5.41) is 8.12. The second-order valence-corrected chi connectivity index (χ2v) is 5.59. The van der Waals surface area contributed by atoms with Crippen molar-refractivity contribution in [3.63, 3.8) is 0 Å². The Balaban J connectivity index is 1.59. The largest absolute Gasteiger partial charge is 0.441 e. The van der Waals surface area contributed by atoms with Gasteiger partial charge in [0.2, 0.25) is 0 Å². The van der Waals surface area contributed by atoms with E-state index in [2.05, 4.69) is 20.5 Å². The lowest BCUT2D eigenvalue weighted by Crippen LogP contribution is -2.12. The van der Waals surface area contributed by atoms with Gasteiger partial charge in [-0.25, -0.2) is 4.98 Å². The van der Waals surface area contributed by atoms with Crippen LogP contribution in [-0.4, -0.2) is 21.1 Å². The molecule has 0 spiro atoms. The van der Waals surface area contributed by atoms with Gasteiger partial charge < -0.3 is 9.73 Å². The number of oxazole rings is 1. The van der Waals surface area contributed by atoms with E-state index in [-0.39, 0.29) is 11.5 Å². The summed E-state index contributed by atoms with van der Waals surface area (Å²) < 4.78 is 5.45. The minimum absolute atomic E-state index is 0.191. The molecule has 0 saturated carbocycles. The fourth-order valence-electron chi connectivity index (χ4n) is 2.66. The van der Waals surface area contributed by atoms with Crippen LogP contribution >= 0.6 is 0 Å². The Morgan fingerprint density at radius 1 is 1.12 bits per heavy atom. The van der Waals surface area contributed by atoms with Crippen molar-refractivity contribution < 1.29 is 9.21 Å². The van der Waals surface area contributed by atoms with Gasteiger partial charge in [0.1, 0.15) is 5.52 Å². The molecule has 0 radical (unpaired) electrons. The SMILES string of the molecule is Cc1nc2c(C(=O)Nc3ccc(-c4cc(=O)[nH][nH]4)cc3)cccc2o1. The molecule has 3 N–H and O–H groups in total. The Bertz CT molecular complexity index is 1120. The second kappa shape index (κ2) is 5.79. The van der Waals surface area contributed by atoms with E-state index in [9.17, 15) is 9.59 Å². The number of benzene rings is 2. The van der Waals surface area contributed by atoms with Gasteiger partial charge in [0.05, 0.1) is 11.3 Å². The van der Waals surface area contributed by atoms with Crippen LogP contribution in [0.5, 0.6) is 0 Å². The predicted octanol–water partition coefficient (Wildman–Crippen LogP) is 3.07. The number of carbonyl (C=O) groups is 1. The summed E-state index contributed by atoms with van der Waals surface area (Å²) >= 11 is 0. The molecule has 25 heavy (non-hydrogen) atoms. The van der Waals surface area contributed by atoms with Gasteiger partial charge in [0.15, 0.2) is 11.5 Å². The lowest BCUT2D eigenvalue weighted by Gasteiger charge is -2.06. The van der Waals surface area contributed by atoms with Crippen molar-refractivity contribution in [2.45, 2.75) is 6.92 Å². The highest BCUT2D eigenvalue weighted by Crippen LogP contribution is 2.22. The first-order chi connectivity index (χ1) is 12.1. The zero-order chi connectivity index (χ0) is 17.4. The Labute approximate surface area is 141 Å². The quantitative estimate of drug-likeness (QED) is 0.535. The van der Waals surface area contributed by atoms with Gasteiger partial charge in [-0.1, -0.05) is 18.2 Å². The predicted molar refractivity (Wildman–Crippen MR) is 93.5 cm³/mol. The molecule has 0 fully saturated rings. The van der Waals surface area contributed by atoms with Gasteiger partial charge in [0, 0.05) is 18.7 Å². The number of aromatic nitrogens is 3. The van der Waals surface area contributed by atoms with Crippen molar-refractivity contribution >= 4 is 22.7 Å². The van der Waals surface area contributed by atoms with E-state index in [1.807, 2.05) is 12.1 Å². The molecule has 2 heterocycles. The van der Waals surface area contributed by atoms with Crippen molar-refractivity contribution in [1.82, 2.24) is 15.2 Å². The molecular formula is C18H14N4O3. The summed E-state index contributed by atoms with van der Waals surface area (Å²) in [4.78, 5) is 28.0. The molecule has 0 unspecified atom stereocenters. The van der Waals surface area contributed by atoms with Gasteiger partial charge >= 0.3 is 0 Å². The Hall–Kier alpha value is -3.61. The zero-order valence-electron chi connectivity index (χ0n) is 13.3. The number of carbonyl (C=O) groups excluding carboxylic acids is 1. The molecule has 0 bridgehead atoms. The summed E-state index contributed by atoms with van der Waals surface area (Å²) in [6, 6.07) is 13.9. The fourth-order valence-corrected chi connectivity index (χ4v) is 2.66. The topological polar surface area (TPSA) is 104 Å². The summed E-state index contributed by atoms with van der Waals surface area (Å²) in [6.45, 7) is 1.74. The summed E-state index contributed by atoms with van der Waals surface area (Å²) in [7, 11) is 0. The number of aromatic amines is 2. The van der Waals surface area contributed by atoms with Crippen LogP contribution in [0, 0.1) is 6.92 Å². The number of nitrogens with one attached hydrogen (secondary N) is 3. The molecule has 4 rings (SSSR count). The highest BCUT2D eigenvalue weighted by Gasteiger charge is 2.14. The fraction of sp³-hybridized carbons (Fsp3) is 0.0556. The maximum atomic E-state index is 12.6. The molecule has 0 atom stereocenters. The van der Waals surface area contributed by atoms with Crippen LogP contribution in [0.3, 0.4) is 0 Å². The maximum Gasteiger partial charge on any atom is 0.264 e. The van der Waals surface area contributed by atoms with Crippen LogP contribution in [0.2, 0.25) is 0 Å². The molecule has 0 aliphatic rings. The minimum Gasteiger partial charge on any atom is -0.441 e. The van der Waals surface area contributed by atoms with E-state index in [1.165, 1.54) is 6.07 Å². The van der Waals surface area contributed by atoms with Gasteiger partial charge in [-0.05, 0) is 29.8 Å². The van der Waals surface area contributed by atoms with Gasteiger partial charge in [-0.15, -0.1) is 0 Å². The van der Waals surface area contributed by atoms with E-state index >= 15 is 0 Å². The standard InChI is InChI=1S/C18H14N4O3/c1-10-19-17-13(3-2-4-15(17)25-10)18(24)20-12-7-5-11(6-8-12)14-9-16(23)22-21-14/h2-9H,1H3,(H,20,24)(H2,21,22,23). The Morgan fingerprint density at radius 2 is 1.92 bits per heavy atom. The van der Waals surface area contributed by atoms with E-state index in [4.69, 9.17) is 4.42 Å². The van der Waals surface area contributed by atoms with E-state index in [1.54, 1.807) is 37.3 Å². The van der Waals surface area contributed by atoms with Crippen LogP contribution in [0.4, 0.5) is 5.69 Å². The second-order valence-electron chi connectivity index (χ2n) is 5.59. The van der Waals surface area contributed by atoms with Crippen molar-refractivity contribution in [2.75, 3.05) is 5.32 Å². The van der Waals surface area contributed by atoms with Crippen LogP contribution in [0.1, 0.15) is 16.2 Å². The van der Waals surface area contributed by atoms with Crippen molar-refractivity contribution in [3.8, 4) is 11.3 Å². The molecule has 124 valence electrons. The first-order valence-corrected chi connectivity index (χ1v) is 7.66.